The summed E-state index contributed by atoms with van der Waals surface area (Å²) in [7, 11) is 0. The molecule has 1 atom stereocenters. The van der Waals surface area contributed by atoms with Crippen molar-refractivity contribution >= 4 is 23.2 Å². The Morgan fingerprint density at radius 1 is 1.21 bits per heavy atom. The minimum absolute atomic E-state index is 0.185. The zero-order valence-corrected chi connectivity index (χ0v) is 16.2. The van der Waals surface area contributed by atoms with Crippen LogP contribution in [0.2, 0.25) is 0 Å². The number of esters is 1. The second-order valence-electron chi connectivity index (χ2n) is 5.67. The number of rotatable bonds is 8. The average Bonchev–Trinajstić information content (AvgIpc) is 3.38. The van der Waals surface area contributed by atoms with Crippen LogP contribution in [-0.4, -0.2) is 35.2 Å². The van der Waals surface area contributed by atoms with Crippen LogP contribution in [0.1, 0.15) is 36.2 Å². The molecule has 1 amide bonds. The number of benzene rings is 1. The average molecular weight is 401 g/mol. The highest BCUT2D eigenvalue weighted by molar-refractivity contribution is 7.13. The van der Waals surface area contributed by atoms with E-state index in [1.165, 1.54) is 11.3 Å². The molecule has 0 radical (unpaired) electrons. The summed E-state index contributed by atoms with van der Waals surface area (Å²) in [6, 6.07) is 10.5. The number of amides is 1. The molecule has 0 aliphatic rings. The molecule has 0 bridgehead atoms. The van der Waals surface area contributed by atoms with E-state index in [0.29, 0.717) is 23.8 Å². The first-order valence-electron chi connectivity index (χ1n) is 8.65. The van der Waals surface area contributed by atoms with Crippen molar-refractivity contribution in [3.8, 4) is 16.5 Å². The normalized spacial score (nSPS) is 11.6. The van der Waals surface area contributed by atoms with Crippen LogP contribution in [0, 0.1) is 0 Å². The van der Waals surface area contributed by atoms with Gasteiger partial charge in [0.25, 0.3) is 17.7 Å². The Morgan fingerprint density at radius 2 is 2.04 bits per heavy atom. The maximum Gasteiger partial charge on any atom is 0.326 e. The fourth-order valence-electron chi connectivity index (χ4n) is 2.37. The maximum absolute atomic E-state index is 12.3. The van der Waals surface area contributed by atoms with Crippen LogP contribution in [0.5, 0.6) is 5.75 Å². The molecule has 0 unspecified atom stereocenters. The van der Waals surface area contributed by atoms with Gasteiger partial charge in [0.1, 0.15) is 12.3 Å². The number of thiophene rings is 1. The van der Waals surface area contributed by atoms with Gasteiger partial charge in [0, 0.05) is 0 Å². The van der Waals surface area contributed by atoms with Gasteiger partial charge in [0.2, 0.25) is 0 Å². The lowest BCUT2D eigenvalue weighted by molar-refractivity contribution is -0.148. The molecule has 28 heavy (non-hydrogen) atoms. The Balaban J connectivity index is 1.53. The van der Waals surface area contributed by atoms with Gasteiger partial charge in [-0.25, -0.2) is 0 Å². The topological polar surface area (TPSA) is 104 Å². The minimum Gasteiger partial charge on any atom is -0.493 e. The Kier molecular flexibility index (Phi) is 6.38. The molecule has 1 aromatic carbocycles. The molecule has 2 aromatic heterocycles. The number of para-hydroxylation sites is 1. The Morgan fingerprint density at radius 3 is 2.79 bits per heavy atom. The molecule has 0 saturated heterocycles. The molecule has 0 saturated carbocycles. The van der Waals surface area contributed by atoms with Crippen LogP contribution in [-0.2, 0) is 9.53 Å². The van der Waals surface area contributed by atoms with E-state index in [-0.39, 0.29) is 12.4 Å². The number of nitrogens with zero attached hydrogens (tertiary/aromatic N) is 2. The van der Waals surface area contributed by atoms with Crippen LogP contribution in [0.3, 0.4) is 0 Å². The predicted octanol–water partition coefficient (Wildman–Crippen LogP) is 3.23. The van der Waals surface area contributed by atoms with E-state index in [1.54, 1.807) is 31.2 Å². The van der Waals surface area contributed by atoms with Crippen molar-refractivity contribution in [2.24, 2.45) is 0 Å². The highest BCUT2D eigenvalue weighted by atomic mass is 32.1. The number of ether oxygens (including phenoxy) is 2. The zero-order valence-electron chi connectivity index (χ0n) is 15.4. The second kappa shape index (κ2) is 9.14. The highest BCUT2D eigenvalue weighted by Gasteiger charge is 2.20. The minimum atomic E-state index is -0.735. The predicted molar refractivity (Wildman–Crippen MR) is 102 cm³/mol. The third kappa shape index (κ3) is 4.74. The molecule has 0 fully saturated rings. The number of aromatic nitrogens is 2. The molecule has 0 aliphatic heterocycles. The number of carbonyl (C=O) groups excluding carboxylic acids is 2. The lowest BCUT2D eigenvalue weighted by atomic mass is 10.2. The molecule has 2 heterocycles. The fourth-order valence-corrected chi connectivity index (χ4v) is 3.02. The van der Waals surface area contributed by atoms with Gasteiger partial charge in [0.15, 0.2) is 6.10 Å². The number of hydrogen-bond acceptors (Lipinski definition) is 8. The summed E-state index contributed by atoms with van der Waals surface area (Å²) < 4.78 is 16.2. The monoisotopic (exact) mass is 401 g/mol. The quantitative estimate of drug-likeness (QED) is 0.578. The summed E-state index contributed by atoms with van der Waals surface area (Å²) in [5.74, 6) is -0.0354. The summed E-state index contributed by atoms with van der Waals surface area (Å²) in [4.78, 5) is 25.2. The SMILES string of the molecule is CCOc1ccccc1C(=O)NCC(=O)O[C@@H](C)c1nnc(-c2cccs2)o1. The van der Waals surface area contributed by atoms with Crippen LogP contribution < -0.4 is 10.1 Å². The summed E-state index contributed by atoms with van der Waals surface area (Å²) in [6.07, 6.45) is -0.735. The summed E-state index contributed by atoms with van der Waals surface area (Å²) in [6.45, 7) is 3.59. The van der Waals surface area contributed by atoms with Crippen molar-refractivity contribution < 1.29 is 23.5 Å². The van der Waals surface area contributed by atoms with Crippen molar-refractivity contribution in [3.05, 3.63) is 53.2 Å². The van der Waals surface area contributed by atoms with E-state index < -0.39 is 18.0 Å². The molecule has 1 N–H and O–H groups in total. The smallest absolute Gasteiger partial charge is 0.326 e. The molecule has 8 nitrogen and oxygen atoms in total. The van der Waals surface area contributed by atoms with E-state index in [1.807, 2.05) is 24.4 Å². The Labute approximate surface area is 165 Å². The zero-order chi connectivity index (χ0) is 19.9. The fraction of sp³-hybridized carbons (Fsp3) is 0.263. The number of hydrogen-bond donors (Lipinski definition) is 1. The molecule has 3 rings (SSSR count). The third-order valence-electron chi connectivity index (χ3n) is 3.65. The lowest BCUT2D eigenvalue weighted by Gasteiger charge is -2.12. The van der Waals surface area contributed by atoms with Gasteiger partial charge in [-0.05, 0) is 37.4 Å². The van der Waals surface area contributed by atoms with Crippen molar-refractivity contribution in [2.45, 2.75) is 20.0 Å². The van der Waals surface area contributed by atoms with Crippen molar-refractivity contribution in [2.75, 3.05) is 13.2 Å². The summed E-state index contributed by atoms with van der Waals surface area (Å²) >= 11 is 1.47. The van der Waals surface area contributed by atoms with Gasteiger partial charge in [-0.3, -0.25) is 9.59 Å². The van der Waals surface area contributed by atoms with E-state index in [4.69, 9.17) is 13.9 Å². The molecule has 0 aliphatic carbocycles. The van der Waals surface area contributed by atoms with E-state index in [0.717, 1.165) is 4.88 Å². The Bertz CT molecular complexity index is 939. The van der Waals surface area contributed by atoms with Crippen molar-refractivity contribution in [3.63, 3.8) is 0 Å². The van der Waals surface area contributed by atoms with Crippen molar-refractivity contribution in [1.82, 2.24) is 15.5 Å². The third-order valence-corrected chi connectivity index (χ3v) is 4.51. The van der Waals surface area contributed by atoms with Crippen molar-refractivity contribution in [1.29, 1.82) is 0 Å². The Hall–Kier alpha value is -3.20. The van der Waals surface area contributed by atoms with Crippen LogP contribution >= 0.6 is 11.3 Å². The standard InChI is InChI=1S/C19H19N3O5S/c1-3-25-14-8-5-4-7-13(14)17(24)20-11-16(23)26-12(2)18-21-22-19(27-18)15-9-6-10-28-15/h4-10,12H,3,11H2,1-2H3,(H,20,24)/t12-/m0/s1. The molecule has 9 heteroatoms. The maximum atomic E-state index is 12.3. The largest absolute Gasteiger partial charge is 0.493 e. The molecule has 3 aromatic rings. The first-order valence-corrected chi connectivity index (χ1v) is 9.53. The lowest BCUT2D eigenvalue weighted by Crippen LogP contribution is -2.31. The van der Waals surface area contributed by atoms with E-state index in [2.05, 4.69) is 15.5 Å². The molecular weight excluding hydrogens is 382 g/mol. The van der Waals surface area contributed by atoms with E-state index >= 15 is 0 Å². The molecule has 146 valence electrons. The summed E-state index contributed by atoms with van der Waals surface area (Å²) in [5, 5.41) is 12.3. The molecular formula is C19H19N3O5S. The van der Waals surface area contributed by atoms with Gasteiger partial charge in [0.05, 0.1) is 17.0 Å². The van der Waals surface area contributed by atoms with Gasteiger partial charge in [-0.1, -0.05) is 18.2 Å². The number of carbonyl (C=O) groups is 2. The van der Waals surface area contributed by atoms with Gasteiger partial charge in [-0.2, -0.15) is 0 Å². The first kappa shape index (κ1) is 19.6. The highest BCUT2D eigenvalue weighted by Crippen LogP contribution is 2.25. The van der Waals surface area contributed by atoms with Gasteiger partial charge in [-0.15, -0.1) is 21.5 Å². The molecule has 0 spiro atoms. The summed E-state index contributed by atoms with van der Waals surface area (Å²) in [5.41, 5.74) is 0.350. The number of nitrogens with one attached hydrogen (secondary N) is 1. The van der Waals surface area contributed by atoms with Gasteiger partial charge < -0.3 is 19.2 Å². The van der Waals surface area contributed by atoms with Crippen LogP contribution in [0.4, 0.5) is 0 Å². The van der Waals surface area contributed by atoms with E-state index in [9.17, 15) is 9.59 Å². The van der Waals surface area contributed by atoms with Gasteiger partial charge >= 0.3 is 5.97 Å². The second-order valence-corrected chi connectivity index (χ2v) is 6.61. The van der Waals surface area contributed by atoms with Crippen LogP contribution in [0.15, 0.2) is 46.2 Å². The van der Waals surface area contributed by atoms with Crippen LogP contribution in [0.25, 0.3) is 10.8 Å². The first-order chi connectivity index (χ1) is 13.6.